The molecule has 6 nitrogen and oxygen atoms in total. The van der Waals surface area contributed by atoms with Crippen LogP contribution in [0.25, 0.3) is 10.9 Å². The number of amides is 1. The van der Waals surface area contributed by atoms with Crippen molar-refractivity contribution in [1.82, 2.24) is 14.9 Å². The molecule has 2 aromatic heterocycles. The van der Waals surface area contributed by atoms with Gasteiger partial charge in [0.2, 0.25) is 0 Å². The number of fused-ring (bicyclic) bond motifs is 3. The van der Waals surface area contributed by atoms with Crippen LogP contribution in [0, 0.1) is 6.92 Å². The van der Waals surface area contributed by atoms with Gasteiger partial charge in [-0.2, -0.15) is 0 Å². The average Bonchev–Trinajstić information content (AvgIpc) is 3.05. The van der Waals surface area contributed by atoms with E-state index >= 15 is 0 Å². The molecule has 0 atom stereocenters. The van der Waals surface area contributed by atoms with Crippen LogP contribution in [0.1, 0.15) is 23.2 Å². The fourth-order valence-electron chi connectivity index (χ4n) is 3.33. The number of rotatable bonds is 3. The zero-order chi connectivity index (χ0) is 17.4. The Morgan fingerprint density at radius 3 is 2.96 bits per heavy atom. The van der Waals surface area contributed by atoms with Gasteiger partial charge in [0.05, 0.1) is 11.3 Å². The van der Waals surface area contributed by atoms with E-state index in [2.05, 4.69) is 20.2 Å². The van der Waals surface area contributed by atoms with Gasteiger partial charge in [-0.25, -0.2) is 4.98 Å². The van der Waals surface area contributed by atoms with Crippen LogP contribution in [-0.2, 0) is 17.8 Å². The highest BCUT2D eigenvalue weighted by molar-refractivity contribution is 7.14. The number of carbonyl (C=O) groups excluding carboxylic acids is 2. The Bertz CT molecular complexity index is 979. The predicted octanol–water partition coefficient (Wildman–Crippen LogP) is 2.62. The number of anilines is 1. The van der Waals surface area contributed by atoms with Gasteiger partial charge in [0, 0.05) is 49.5 Å². The summed E-state index contributed by atoms with van der Waals surface area (Å²) in [6, 6.07) is 7.78. The first-order valence-electron chi connectivity index (χ1n) is 8.24. The van der Waals surface area contributed by atoms with Crippen molar-refractivity contribution in [3.8, 4) is 0 Å². The van der Waals surface area contributed by atoms with Gasteiger partial charge in [0.25, 0.3) is 11.7 Å². The van der Waals surface area contributed by atoms with Crippen molar-refractivity contribution >= 4 is 39.1 Å². The Labute approximate surface area is 150 Å². The number of nitrogens with zero attached hydrogens (tertiary/aromatic N) is 2. The average molecular weight is 356 g/mol. The van der Waals surface area contributed by atoms with Crippen molar-refractivity contribution in [2.75, 3.05) is 18.4 Å². The van der Waals surface area contributed by atoms with Crippen molar-refractivity contribution in [3.63, 3.8) is 0 Å². The SMILES string of the molecule is Cc1csc(NC(=O)C(=O)c2c3n(c4ccccc24)CCNCC3)n1.[HH]. The molecule has 1 amide bonds. The Balaban J connectivity index is 0.00000196. The molecular formula is C18H20N4O2S. The van der Waals surface area contributed by atoms with Gasteiger partial charge in [-0.3, -0.25) is 14.9 Å². The smallest absolute Gasteiger partial charge is 0.298 e. The van der Waals surface area contributed by atoms with Crippen LogP contribution >= 0.6 is 11.3 Å². The Morgan fingerprint density at radius 1 is 1.32 bits per heavy atom. The maximum Gasteiger partial charge on any atom is 0.298 e. The van der Waals surface area contributed by atoms with Crippen LogP contribution < -0.4 is 10.6 Å². The number of hydrogen-bond donors (Lipinski definition) is 2. The van der Waals surface area contributed by atoms with Gasteiger partial charge in [-0.15, -0.1) is 11.3 Å². The van der Waals surface area contributed by atoms with E-state index in [4.69, 9.17) is 0 Å². The molecule has 0 bridgehead atoms. The quantitative estimate of drug-likeness (QED) is 0.559. The van der Waals surface area contributed by atoms with Crippen molar-refractivity contribution in [2.24, 2.45) is 0 Å². The fraction of sp³-hybridized carbons (Fsp3) is 0.278. The second-order valence-electron chi connectivity index (χ2n) is 6.07. The summed E-state index contributed by atoms with van der Waals surface area (Å²) in [4.78, 5) is 29.7. The molecule has 7 heteroatoms. The third kappa shape index (κ3) is 2.85. The largest absolute Gasteiger partial charge is 0.343 e. The van der Waals surface area contributed by atoms with E-state index in [1.807, 2.05) is 36.6 Å². The highest BCUT2D eigenvalue weighted by Gasteiger charge is 2.27. The third-order valence-corrected chi connectivity index (χ3v) is 5.28. The van der Waals surface area contributed by atoms with Crippen molar-refractivity contribution < 1.29 is 11.0 Å². The van der Waals surface area contributed by atoms with Crippen LogP contribution in [0.2, 0.25) is 0 Å². The number of para-hydroxylation sites is 1. The molecular weight excluding hydrogens is 336 g/mol. The van der Waals surface area contributed by atoms with E-state index in [-0.39, 0.29) is 1.43 Å². The molecule has 4 rings (SSSR count). The second-order valence-corrected chi connectivity index (χ2v) is 6.93. The molecule has 1 aliphatic heterocycles. The summed E-state index contributed by atoms with van der Waals surface area (Å²) < 4.78 is 2.16. The minimum Gasteiger partial charge on any atom is -0.343 e. The lowest BCUT2D eigenvalue weighted by atomic mass is 10.0. The number of thiazole rings is 1. The van der Waals surface area contributed by atoms with E-state index in [0.717, 1.165) is 48.3 Å². The summed E-state index contributed by atoms with van der Waals surface area (Å²) >= 11 is 1.32. The van der Waals surface area contributed by atoms with Crippen LogP contribution in [0.4, 0.5) is 5.13 Å². The minimum atomic E-state index is -0.634. The molecule has 3 aromatic rings. The number of carbonyl (C=O) groups is 2. The minimum absolute atomic E-state index is 0. The lowest BCUT2D eigenvalue weighted by Gasteiger charge is -2.06. The molecule has 2 N–H and O–H groups in total. The summed E-state index contributed by atoms with van der Waals surface area (Å²) in [6.45, 7) is 4.28. The van der Waals surface area contributed by atoms with Crippen molar-refractivity contribution in [2.45, 2.75) is 19.9 Å². The maximum atomic E-state index is 12.9. The molecule has 1 aromatic carbocycles. The number of aryl methyl sites for hydroxylation is 1. The van der Waals surface area contributed by atoms with Crippen LogP contribution in [0.3, 0.4) is 0 Å². The van der Waals surface area contributed by atoms with Crippen molar-refractivity contribution in [3.05, 3.63) is 46.6 Å². The molecule has 0 fully saturated rings. The monoisotopic (exact) mass is 356 g/mol. The summed E-state index contributed by atoms with van der Waals surface area (Å²) in [6.07, 6.45) is 0.722. The first-order chi connectivity index (χ1) is 12.1. The van der Waals surface area contributed by atoms with Gasteiger partial charge >= 0.3 is 0 Å². The summed E-state index contributed by atoms with van der Waals surface area (Å²) in [5, 5.41) is 9.11. The molecule has 25 heavy (non-hydrogen) atoms. The number of Topliss-reactive ketones (excluding diaryl/α,β-unsaturated/α-hetero) is 1. The van der Waals surface area contributed by atoms with E-state index in [9.17, 15) is 9.59 Å². The van der Waals surface area contributed by atoms with Crippen molar-refractivity contribution in [1.29, 1.82) is 0 Å². The molecule has 1 aliphatic rings. The lowest BCUT2D eigenvalue weighted by molar-refractivity contribution is -0.112. The van der Waals surface area contributed by atoms with Gasteiger partial charge in [0.15, 0.2) is 5.13 Å². The van der Waals surface area contributed by atoms with E-state index in [0.29, 0.717) is 10.7 Å². The molecule has 3 heterocycles. The van der Waals surface area contributed by atoms with Crippen LogP contribution in [0.5, 0.6) is 0 Å². The molecule has 130 valence electrons. The second kappa shape index (κ2) is 6.42. The zero-order valence-electron chi connectivity index (χ0n) is 13.8. The van der Waals surface area contributed by atoms with E-state index in [1.165, 1.54) is 11.3 Å². The highest BCUT2D eigenvalue weighted by atomic mass is 32.1. The Morgan fingerprint density at radius 2 is 2.16 bits per heavy atom. The highest BCUT2D eigenvalue weighted by Crippen LogP contribution is 2.28. The number of benzene rings is 1. The number of ketones is 1. The standard InChI is InChI=1S/C18H18N4O2S.H2/c1-11-10-25-18(20-11)21-17(24)16(23)15-12-4-2-3-5-13(12)22-9-8-19-7-6-14(15)22;/h2-5,10,19H,6-9H2,1H3,(H,20,21,24);1H. The maximum absolute atomic E-state index is 12.9. The predicted molar refractivity (Wildman–Crippen MR) is 100 cm³/mol. The zero-order valence-corrected chi connectivity index (χ0v) is 14.7. The molecule has 0 saturated carbocycles. The normalized spacial score (nSPS) is 14.1. The molecule has 0 aliphatic carbocycles. The first-order valence-corrected chi connectivity index (χ1v) is 9.12. The number of hydrogen-bond acceptors (Lipinski definition) is 5. The molecule has 0 spiro atoms. The Kier molecular flexibility index (Phi) is 4.10. The lowest BCUT2D eigenvalue weighted by Crippen LogP contribution is -2.24. The van der Waals surface area contributed by atoms with Gasteiger partial charge in [0.1, 0.15) is 0 Å². The summed E-state index contributed by atoms with van der Waals surface area (Å²) in [5.74, 6) is -1.13. The van der Waals surface area contributed by atoms with Gasteiger partial charge in [-0.05, 0) is 13.0 Å². The first kappa shape index (κ1) is 16.0. The van der Waals surface area contributed by atoms with Gasteiger partial charge < -0.3 is 9.88 Å². The molecule has 0 saturated heterocycles. The van der Waals surface area contributed by atoms with Gasteiger partial charge in [-0.1, -0.05) is 18.2 Å². The summed E-state index contributed by atoms with van der Waals surface area (Å²) in [5.41, 5.74) is 3.27. The van der Waals surface area contributed by atoms with E-state index in [1.54, 1.807) is 0 Å². The third-order valence-electron chi connectivity index (χ3n) is 4.40. The number of nitrogens with one attached hydrogen (secondary N) is 2. The molecule has 0 unspecified atom stereocenters. The fourth-order valence-corrected chi connectivity index (χ4v) is 4.01. The topological polar surface area (TPSA) is 76.0 Å². The van der Waals surface area contributed by atoms with Crippen LogP contribution in [-0.4, -0.2) is 34.3 Å². The molecule has 0 radical (unpaired) electrons. The summed E-state index contributed by atoms with van der Waals surface area (Å²) in [7, 11) is 0. The number of aromatic nitrogens is 2. The van der Waals surface area contributed by atoms with E-state index < -0.39 is 11.7 Å². The Hall–Kier alpha value is -2.51. The van der Waals surface area contributed by atoms with Crippen LogP contribution in [0.15, 0.2) is 29.6 Å².